The van der Waals surface area contributed by atoms with Gasteiger partial charge in [0.1, 0.15) is 0 Å². The molecule has 2 fully saturated rings. The van der Waals surface area contributed by atoms with Gasteiger partial charge >= 0.3 is 0 Å². The Labute approximate surface area is 168 Å². The summed E-state index contributed by atoms with van der Waals surface area (Å²) in [7, 11) is 2.19. The second kappa shape index (κ2) is 6.00. The molecule has 0 unspecified atom stereocenters. The molecule has 0 radical (unpaired) electrons. The van der Waals surface area contributed by atoms with Gasteiger partial charge in [-0.25, -0.2) is 19.5 Å². The Morgan fingerprint density at radius 3 is 2.76 bits per heavy atom. The van der Waals surface area contributed by atoms with Gasteiger partial charge in [0.15, 0.2) is 0 Å². The van der Waals surface area contributed by atoms with Crippen molar-refractivity contribution < 1.29 is 0 Å². The zero-order valence-electron chi connectivity index (χ0n) is 16.7. The maximum absolute atomic E-state index is 4.68. The van der Waals surface area contributed by atoms with E-state index in [9.17, 15) is 0 Å². The van der Waals surface area contributed by atoms with E-state index in [4.69, 9.17) is 0 Å². The lowest BCUT2D eigenvalue weighted by Crippen LogP contribution is -2.63. The maximum Gasteiger partial charge on any atom is 0.241 e. The average Bonchev–Trinajstić information content (AvgIpc) is 3.28. The number of likely N-dealkylation sites (tertiary alicyclic amines) is 1. The fourth-order valence-corrected chi connectivity index (χ4v) is 5.16. The maximum atomic E-state index is 4.68. The molecule has 6 rings (SSSR count). The topological polar surface area (TPSA) is 75.7 Å². The molecular weight excluding hydrogens is 364 g/mol. The first-order chi connectivity index (χ1) is 14.1. The van der Waals surface area contributed by atoms with Crippen molar-refractivity contribution in [1.29, 1.82) is 0 Å². The van der Waals surface area contributed by atoms with E-state index in [0.717, 1.165) is 34.5 Å². The molecule has 1 aliphatic carbocycles. The van der Waals surface area contributed by atoms with E-state index in [2.05, 4.69) is 60.9 Å². The Balaban J connectivity index is 1.26. The highest BCUT2D eigenvalue weighted by Gasteiger charge is 2.51. The molecule has 4 aromatic rings. The van der Waals surface area contributed by atoms with Crippen LogP contribution in [0.15, 0.2) is 37.1 Å². The second-order valence-electron chi connectivity index (χ2n) is 8.68. The molecule has 2 aliphatic rings. The van der Waals surface area contributed by atoms with Crippen LogP contribution in [0.25, 0.3) is 22.4 Å². The summed E-state index contributed by atoms with van der Waals surface area (Å²) in [4.78, 5) is 15.8. The fraction of sp³-hybridized carbons (Fsp3) is 0.429. The number of nitrogens with zero attached hydrogens (tertiary/aromatic N) is 7. The largest absolute Gasteiger partial charge is 0.350 e. The number of aromatic nitrogens is 6. The zero-order valence-corrected chi connectivity index (χ0v) is 16.7. The normalized spacial score (nSPS) is 19.0. The molecule has 1 spiro atoms. The molecule has 1 N–H and O–H groups in total. The molecule has 5 heterocycles. The lowest BCUT2D eigenvalue weighted by Gasteiger charge is -2.58. The minimum Gasteiger partial charge on any atom is -0.350 e. The van der Waals surface area contributed by atoms with Crippen molar-refractivity contribution in [3.8, 4) is 11.1 Å². The van der Waals surface area contributed by atoms with Crippen LogP contribution < -0.4 is 5.32 Å². The molecule has 1 aliphatic heterocycles. The smallest absolute Gasteiger partial charge is 0.241 e. The number of imidazole rings is 1. The average molecular weight is 388 g/mol. The highest BCUT2D eigenvalue weighted by molar-refractivity contribution is 5.79. The van der Waals surface area contributed by atoms with Crippen molar-refractivity contribution in [3.05, 3.63) is 42.7 Å². The number of anilines is 1. The molecule has 1 saturated carbocycles. The zero-order chi connectivity index (χ0) is 19.6. The number of hydrogen-bond donors (Lipinski definition) is 1. The third-order valence-electron chi connectivity index (χ3n) is 6.43. The van der Waals surface area contributed by atoms with Crippen molar-refractivity contribution in [2.45, 2.75) is 32.2 Å². The molecule has 8 nitrogen and oxygen atoms in total. The van der Waals surface area contributed by atoms with Crippen LogP contribution in [-0.2, 0) is 6.42 Å². The minimum atomic E-state index is 0.483. The van der Waals surface area contributed by atoms with E-state index < -0.39 is 0 Å². The SMILES string of the molecule is CCc1cnc2ncc(-c3ccn4nc(NC5CC6(C5)CN(C)C6)ncc34)cn12. The minimum absolute atomic E-state index is 0.483. The number of nitrogens with one attached hydrogen (secondary N) is 1. The van der Waals surface area contributed by atoms with Crippen LogP contribution in [0.2, 0.25) is 0 Å². The Morgan fingerprint density at radius 2 is 1.97 bits per heavy atom. The molecule has 0 atom stereocenters. The van der Waals surface area contributed by atoms with Gasteiger partial charge in [0.2, 0.25) is 11.7 Å². The highest BCUT2D eigenvalue weighted by atomic mass is 15.3. The van der Waals surface area contributed by atoms with Crippen LogP contribution in [0.4, 0.5) is 5.95 Å². The molecule has 148 valence electrons. The molecule has 1 saturated heterocycles. The summed E-state index contributed by atoms with van der Waals surface area (Å²) in [6.45, 7) is 4.57. The van der Waals surface area contributed by atoms with E-state index in [0.29, 0.717) is 17.4 Å². The standard InChI is InChI=1S/C21H24N8/c1-3-16-9-24-20-23-8-14(11-28(16)20)17-4-5-29-18(17)10-22-19(26-29)25-15-6-21(7-15)12-27(2)13-21/h4-5,8-11,15H,3,6-7,12-13H2,1-2H3,(H,25,26). The van der Waals surface area contributed by atoms with Crippen molar-refractivity contribution >= 4 is 17.2 Å². The monoisotopic (exact) mass is 388 g/mol. The van der Waals surface area contributed by atoms with Gasteiger partial charge in [0, 0.05) is 54.5 Å². The highest BCUT2D eigenvalue weighted by Crippen LogP contribution is 2.48. The first-order valence-corrected chi connectivity index (χ1v) is 10.2. The van der Waals surface area contributed by atoms with E-state index in [1.54, 1.807) is 0 Å². The first kappa shape index (κ1) is 16.9. The molecule has 4 aromatic heterocycles. The van der Waals surface area contributed by atoms with E-state index in [-0.39, 0.29) is 0 Å². The Morgan fingerprint density at radius 1 is 1.14 bits per heavy atom. The van der Waals surface area contributed by atoms with Crippen LogP contribution in [0.3, 0.4) is 0 Å². The Kier molecular flexibility index (Phi) is 3.50. The predicted octanol–water partition coefficient (Wildman–Crippen LogP) is 2.51. The molecule has 0 amide bonds. The van der Waals surface area contributed by atoms with Gasteiger partial charge in [-0.15, -0.1) is 5.10 Å². The van der Waals surface area contributed by atoms with Gasteiger partial charge in [-0.3, -0.25) is 4.40 Å². The third-order valence-corrected chi connectivity index (χ3v) is 6.43. The van der Waals surface area contributed by atoms with Gasteiger partial charge in [-0.2, -0.15) is 0 Å². The first-order valence-electron chi connectivity index (χ1n) is 10.2. The molecule has 0 aromatic carbocycles. The summed E-state index contributed by atoms with van der Waals surface area (Å²) in [6, 6.07) is 2.55. The van der Waals surface area contributed by atoms with Gasteiger partial charge in [-0.1, -0.05) is 6.92 Å². The van der Waals surface area contributed by atoms with E-state index in [1.807, 2.05) is 29.3 Å². The van der Waals surface area contributed by atoms with Crippen LogP contribution in [-0.4, -0.2) is 60.0 Å². The lowest BCUT2D eigenvalue weighted by molar-refractivity contribution is -0.0514. The summed E-state index contributed by atoms with van der Waals surface area (Å²) < 4.78 is 3.95. The van der Waals surface area contributed by atoms with Crippen molar-refractivity contribution in [1.82, 2.24) is 33.9 Å². The molecular formula is C21H24N8. The predicted molar refractivity (Wildman–Crippen MR) is 111 cm³/mol. The Hall–Kier alpha value is -3.00. The third kappa shape index (κ3) is 2.62. The van der Waals surface area contributed by atoms with Crippen molar-refractivity contribution in [2.24, 2.45) is 5.41 Å². The van der Waals surface area contributed by atoms with E-state index in [1.165, 1.54) is 25.9 Å². The molecule has 0 bridgehead atoms. The quantitative estimate of drug-likeness (QED) is 0.579. The van der Waals surface area contributed by atoms with Crippen molar-refractivity contribution in [3.63, 3.8) is 0 Å². The summed E-state index contributed by atoms with van der Waals surface area (Å²) in [5.74, 6) is 1.43. The van der Waals surface area contributed by atoms with Crippen LogP contribution >= 0.6 is 0 Å². The van der Waals surface area contributed by atoms with Gasteiger partial charge < -0.3 is 10.2 Å². The molecule has 29 heavy (non-hydrogen) atoms. The number of rotatable bonds is 4. The summed E-state index contributed by atoms with van der Waals surface area (Å²) in [5, 5.41) is 8.19. The van der Waals surface area contributed by atoms with Crippen LogP contribution in [0.5, 0.6) is 0 Å². The van der Waals surface area contributed by atoms with Gasteiger partial charge in [0.05, 0.1) is 17.9 Å². The second-order valence-corrected chi connectivity index (χ2v) is 8.68. The summed E-state index contributed by atoms with van der Waals surface area (Å²) in [5.41, 5.74) is 4.78. The number of fused-ring (bicyclic) bond motifs is 2. The van der Waals surface area contributed by atoms with Crippen LogP contribution in [0.1, 0.15) is 25.5 Å². The van der Waals surface area contributed by atoms with E-state index >= 15 is 0 Å². The fourth-order valence-electron chi connectivity index (χ4n) is 5.16. The van der Waals surface area contributed by atoms with Gasteiger partial charge in [0.25, 0.3) is 0 Å². The number of aryl methyl sites for hydroxylation is 1. The Bertz CT molecular complexity index is 1210. The van der Waals surface area contributed by atoms with Crippen molar-refractivity contribution in [2.75, 3.05) is 25.5 Å². The number of hydrogen-bond acceptors (Lipinski definition) is 6. The summed E-state index contributed by atoms with van der Waals surface area (Å²) in [6.07, 6.45) is 13.1. The summed E-state index contributed by atoms with van der Waals surface area (Å²) >= 11 is 0. The van der Waals surface area contributed by atoms with Gasteiger partial charge in [-0.05, 0) is 37.8 Å². The molecule has 8 heteroatoms. The lowest BCUT2D eigenvalue weighted by atomic mass is 9.61. The van der Waals surface area contributed by atoms with Crippen LogP contribution in [0, 0.1) is 5.41 Å².